The second kappa shape index (κ2) is 7.92. The largest absolute Gasteiger partial charge is 0.446 e. The zero-order valence-corrected chi connectivity index (χ0v) is 16.1. The molecule has 1 N–H and O–H groups in total. The molecule has 0 saturated carbocycles. The molecule has 2 saturated heterocycles. The Bertz CT molecular complexity index is 960. The van der Waals surface area contributed by atoms with Gasteiger partial charge in [-0.1, -0.05) is 0 Å². The number of rotatable bonds is 4. The molecular weight excluding hydrogens is 372 g/mol. The fourth-order valence-corrected chi connectivity index (χ4v) is 4.25. The summed E-state index contributed by atoms with van der Waals surface area (Å²) in [5.41, 5.74) is 1.96. The minimum Gasteiger partial charge on any atom is -0.446 e. The molecule has 0 spiro atoms. The van der Waals surface area contributed by atoms with Crippen LogP contribution in [0.25, 0.3) is 10.9 Å². The van der Waals surface area contributed by atoms with Crippen LogP contribution >= 0.6 is 0 Å². The lowest BCUT2D eigenvalue weighted by Crippen LogP contribution is -2.38. The Kier molecular flexibility index (Phi) is 4.99. The normalized spacial score (nSPS) is 21.5. The lowest BCUT2D eigenvalue weighted by atomic mass is 9.92. The Morgan fingerprint density at radius 1 is 1.10 bits per heavy atom. The predicted octanol–water partition coefficient (Wildman–Crippen LogP) is 1.80. The van der Waals surface area contributed by atoms with Gasteiger partial charge in [0.15, 0.2) is 5.82 Å². The van der Waals surface area contributed by atoms with E-state index in [9.17, 15) is 5.11 Å². The fourth-order valence-electron chi connectivity index (χ4n) is 4.25. The number of aliphatic hydroxyl groups excluding tert-OH is 1. The molecule has 0 bridgehead atoms. The lowest BCUT2D eigenvalue weighted by Gasteiger charge is -2.35. The van der Waals surface area contributed by atoms with Crippen molar-refractivity contribution in [2.45, 2.75) is 18.9 Å². The maximum absolute atomic E-state index is 10.6. The Labute approximate surface area is 168 Å². The molecule has 2 unspecified atom stereocenters. The lowest BCUT2D eigenvalue weighted by molar-refractivity contribution is 0.0722. The Balaban J connectivity index is 1.40. The molecule has 9 heteroatoms. The van der Waals surface area contributed by atoms with Gasteiger partial charge in [-0.15, -0.1) is 10.2 Å². The third-order valence-corrected chi connectivity index (χ3v) is 5.80. The van der Waals surface area contributed by atoms with Gasteiger partial charge in [0.25, 0.3) is 0 Å². The number of hydrogen-bond acceptors (Lipinski definition) is 9. The van der Waals surface area contributed by atoms with Crippen LogP contribution in [0.3, 0.4) is 0 Å². The molecule has 152 valence electrons. The van der Waals surface area contributed by atoms with E-state index in [2.05, 4.69) is 48.4 Å². The summed E-state index contributed by atoms with van der Waals surface area (Å²) in [5, 5.41) is 24.2. The van der Waals surface area contributed by atoms with Gasteiger partial charge in [0.05, 0.1) is 19.4 Å². The zero-order chi connectivity index (χ0) is 19.6. The quantitative estimate of drug-likeness (QED) is 0.707. The van der Waals surface area contributed by atoms with E-state index in [1.54, 1.807) is 6.20 Å². The van der Waals surface area contributed by atoms with Crippen molar-refractivity contribution in [1.29, 1.82) is 0 Å². The second-order valence-corrected chi connectivity index (χ2v) is 7.58. The van der Waals surface area contributed by atoms with Crippen molar-refractivity contribution in [3.63, 3.8) is 0 Å². The van der Waals surface area contributed by atoms with Gasteiger partial charge in [-0.05, 0) is 36.3 Å². The van der Waals surface area contributed by atoms with E-state index in [4.69, 9.17) is 9.15 Å². The third kappa shape index (κ3) is 3.63. The van der Waals surface area contributed by atoms with Crippen LogP contribution in [0.2, 0.25) is 0 Å². The molecule has 3 aromatic rings. The molecule has 4 heterocycles. The topological polar surface area (TPSA) is 101 Å². The SMILES string of the molecule is OC(c1ncco1)C1CCCN(c2nnnc3cc(N4CCOCC4)ccc23)C1. The molecule has 5 rings (SSSR count). The Morgan fingerprint density at radius 3 is 2.83 bits per heavy atom. The van der Waals surface area contributed by atoms with Gasteiger partial charge in [-0.2, -0.15) is 0 Å². The van der Waals surface area contributed by atoms with Crippen LogP contribution in [0, 0.1) is 5.92 Å². The van der Waals surface area contributed by atoms with Crippen LogP contribution in [-0.2, 0) is 4.74 Å². The van der Waals surface area contributed by atoms with Crippen LogP contribution in [0.1, 0.15) is 24.8 Å². The van der Waals surface area contributed by atoms with Crippen molar-refractivity contribution in [2.24, 2.45) is 5.92 Å². The average molecular weight is 396 g/mol. The minimum absolute atomic E-state index is 0.0278. The summed E-state index contributed by atoms with van der Waals surface area (Å²) in [6, 6.07) is 6.26. The number of aliphatic hydroxyl groups is 1. The van der Waals surface area contributed by atoms with Gasteiger partial charge in [0, 0.05) is 43.2 Å². The van der Waals surface area contributed by atoms with Gasteiger partial charge in [0.2, 0.25) is 5.89 Å². The molecule has 0 radical (unpaired) electrons. The number of fused-ring (bicyclic) bond motifs is 1. The van der Waals surface area contributed by atoms with Crippen molar-refractivity contribution in [3.05, 3.63) is 36.5 Å². The van der Waals surface area contributed by atoms with E-state index in [1.165, 1.54) is 6.26 Å². The molecule has 1 aromatic carbocycles. The number of aromatic nitrogens is 4. The van der Waals surface area contributed by atoms with Crippen molar-refractivity contribution >= 4 is 22.4 Å². The maximum atomic E-state index is 10.6. The van der Waals surface area contributed by atoms with Crippen LogP contribution in [0.5, 0.6) is 0 Å². The summed E-state index contributed by atoms with van der Waals surface area (Å²) in [4.78, 5) is 8.59. The number of oxazole rings is 1. The highest BCUT2D eigenvalue weighted by molar-refractivity contribution is 5.91. The average Bonchev–Trinajstić information content (AvgIpc) is 3.33. The number of benzene rings is 1. The molecule has 2 aromatic heterocycles. The van der Waals surface area contributed by atoms with E-state index in [1.807, 2.05) is 0 Å². The summed E-state index contributed by atoms with van der Waals surface area (Å²) in [6.45, 7) is 4.78. The van der Waals surface area contributed by atoms with Gasteiger partial charge in [-0.3, -0.25) is 0 Å². The number of morpholine rings is 1. The Morgan fingerprint density at radius 2 is 2.00 bits per heavy atom. The first-order valence-electron chi connectivity index (χ1n) is 10.1. The maximum Gasteiger partial charge on any atom is 0.223 e. The summed E-state index contributed by atoms with van der Waals surface area (Å²) in [5.74, 6) is 1.21. The first-order valence-corrected chi connectivity index (χ1v) is 10.1. The van der Waals surface area contributed by atoms with Crippen LogP contribution in [0.15, 0.2) is 35.1 Å². The molecule has 2 fully saturated rings. The molecule has 2 atom stereocenters. The van der Waals surface area contributed by atoms with Gasteiger partial charge in [-0.25, -0.2) is 4.98 Å². The van der Waals surface area contributed by atoms with E-state index in [-0.39, 0.29) is 5.92 Å². The third-order valence-electron chi connectivity index (χ3n) is 5.80. The number of anilines is 2. The summed E-state index contributed by atoms with van der Waals surface area (Å²) in [6.07, 6.45) is 4.21. The van der Waals surface area contributed by atoms with Crippen LogP contribution in [-0.4, -0.2) is 64.9 Å². The molecular formula is C20H24N6O3. The van der Waals surface area contributed by atoms with Crippen LogP contribution < -0.4 is 9.80 Å². The monoisotopic (exact) mass is 396 g/mol. The number of nitrogens with zero attached hydrogens (tertiary/aromatic N) is 6. The molecule has 0 amide bonds. The Hall–Kier alpha value is -2.78. The number of hydrogen-bond donors (Lipinski definition) is 1. The molecule has 29 heavy (non-hydrogen) atoms. The summed E-state index contributed by atoms with van der Waals surface area (Å²) >= 11 is 0. The van der Waals surface area contributed by atoms with E-state index in [0.717, 1.165) is 68.1 Å². The zero-order valence-electron chi connectivity index (χ0n) is 16.1. The highest BCUT2D eigenvalue weighted by Crippen LogP contribution is 2.33. The first-order chi connectivity index (χ1) is 14.3. The summed E-state index contributed by atoms with van der Waals surface area (Å²) in [7, 11) is 0. The van der Waals surface area contributed by atoms with Gasteiger partial charge in [0.1, 0.15) is 17.9 Å². The molecule has 2 aliphatic heterocycles. The molecule has 2 aliphatic rings. The highest BCUT2D eigenvalue weighted by Gasteiger charge is 2.31. The van der Waals surface area contributed by atoms with E-state index < -0.39 is 6.10 Å². The smallest absolute Gasteiger partial charge is 0.223 e. The minimum atomic E-state index is -0.721. The van der Waals surface area contributed by atoms with Crippen molar-refractivity contribution in [3.8, 4) is 0 Å². The van der Waals surface area contributed by atoms with Crippen LogP contribution in [0.4, 0.5) is 11.5 Å². The van der Waals surface area contributed by atoms with Gasteiger partial charge >= 0.3 is 0 Å². The predicted molar refractivity (Wildman–Crippen MR) is 107 cm³/mol. The molecule has 9 nitrogen and oxygen atoms in total. The van der Waals surface area contributed by atoms with Crippen molar-refractivity contribution in [2.75, 3.05) is 49.2 Å². The number of ether oxygens (including phenoxy) is 1. The van der Waals surface area contributed by atoms with E-state index in [0.29, 0.717) is 12.4 Å². The van der Waals surface area contributed by atoms with Crippen molar-refractivity contribution < 1.29 is 14.3 Å². The highest BCUT2D eigenvalue weighted by atomic mass is 16.5. The van der Waals surface area contributed by atoms with Gasteiger partial charge < -0.3 is 24.1 Å². The fraction of sp³-hybridized carbons (Fsp3) is 0.500. The van der Waals surface area contributed by atoms with E-state index >= 15 is 0 Å². The number of piperidine rings is 1. The van der Waals surface area contributed by atoms with Crippen molar-refractivity contribution in [1.82, 2.24) is 20.4 Å². The molecule has 0 aliphatic carbocycles. The standard InChI is InChI=1S/C20H24N6O3/c27-18(20-21-5-9-29-20)14-2-1-6-26(13-14)19-16-4-3-15(12-17(16)22-24-23-19)25-7-10-28-11-8-25/h3-5,9,12,14,18,27H,1-2,6-8,10-11,13H2. The first kappa shape index (κ1) is 18.3. The summed E-state index contributed by atoms with van der Waals surface area (Å²) < 4.78 is 10.7. The second-order valence-electron chi connectivity index (χ2n) is 7.58.